The molecule has 4 N–H and O–H groups in total. The third kappa shape index (κ3) is 57.8. The molecule has 1 nitrogen and oxygen atoms in total. The van der Waals surface area contributed by atoms with Gasteiger partial charge in [0.05, 0.1) is 0 Å². The summed E-state index contributed by atoms with van der Waals surface area (Å²) in [5.74, 6) is 0. The number of alkyl halides is 1. The number of hydrogen-bond acceptors (Lipinski definition) is 0. The monoisotopic (exact) mass is 473 g/mol. The maximum absolute atomic E-state index is 2.15. The molecule has 0 fully saturated rings. The van der Waals surface area contributed by atoms with Crippen LogP contribution >= 0.6 is 22.6 Å². The zero-order valence-corrected chi connectivity index (χ0v) is 12.3. The molecule has 7 heavy (non-hydrogen) atoms. The van der Waals surface area contributed by atoms with Crippen molar-refractivity contribution in [2.24, 2.45) is 0 Å². The summed E-state index contributed by atoms with van der Waals surface area (Å²) in [6, 6.07) is 0. The molecule has 0 aromatic carbocycles. The summed E-state index contributed by atoms with van der Waals surface area (Å²) in [6.07, 6.45) is 0. The minimum absolute atomic E-state index is 0. The van der Waals surface area contributed by atoms with E-state index in [0.29, 0.717) is 0 Å². The molecule has 48 valence electrons. The molecule has 0 aliphatic heterocycles. The van der Waals surface area contributed by atoms with Crippen LogP contribution in [0.5, 0.6) is 0 Å². The van der Waals surface area contributed by atoms with Gasteiger partial charge in [-0.25, -0.2) is 0 Å². The first-order valence-electron chi connectivity index (χ1n) is 0.378. The van der Waals surface area contributed by atoms with Crippen LogP contribution in [-0.4, -0.2) is 32.2 Å². The van der Waals surface area contributed by atoms with E-state index in [0.717, 1.165) is 0 Å². The van der Waals surface area contributed by atoms with Crippen molar-refractivity contribution in [1.82, 2.24) is 6.15 Å². The Morgan fingerprint density at radius 3 is 0.857 bits per heavy atom. The molecule has 2 radical (unpaired) electrons. The van der Waals surface area contributed by atoms with E-state index in [1.807, 2.05) is 4.93 Å². The zero-order valence-electron chi connectivity index (χ0n) is 4.01. The Labute approximate surface area is 96.9 Å². The van der Waals surface area contributed by atoms with Crippen LogP contribution in [0.4, 0.5) is 0 Å². The van der Waals surface area contributed by atoms with Crippen LogP contribution in [0.2, 0.25) is 0 Å². The zero-order chi connectivity index (χ0) is 2.00. The molecule has 0 saturated carbocycles. The average molecular weight is 474 g/mol. The van der Waals surface area contributed by atoms with Crippen LogP contribution in [0, 0.1) is 0 Å². The summed E-state index contributed by atoms with van der Waals surface area (Å²) in [6.45, 7) is 0. The van der Waals surface area contributed by atoms with Crippen molar-refractivity contribution in [3.05, 3.63) is 0 Å². The molecule has 0 saturated heterocycles. The molecule has 0 bridgehead atoms. The molecule has 0 aliphatic carbocycles. The average Bonchev–Trinajstić information content (AvgIpc) is 1.00. The predicted molar refractivity (Wildman–Crippen MR) is 31.7 cm³/mol. The molecule has 0 aromatic heterocycles. The SMILES string of the molecule is CI.[Cl-].[Cl-].[Cl-].[NH4+].[Pb+2]. The van der Waals surface area contributed by atoms with E-state index in [9.17, 15) is 0 Å². The van der Waals surface area contributed by atoms with Gasteiger partial charge in [-0.15, -0.1) is 0 Å². The van der Waals surface area contributed by atoms with Gasteiger partial charge in [-0.1, -0.05) is 22.6 Å². The maximum atomic E-state index is 2.15. The third-order valence-corrected chi connectivity index (χ3v) is 0. The molecule has 0 amide bonds. The molecule has 0 aromatic rings. The first-order valence-corrected chi connectivity index (χ1v) is 2.54. The van der Waals surface area contributed by atoms with Crippen LogP contribution < -0.4 is 43.4 Å². The summed E-state index contributed by atoms with van der Waals surface area (Å²) in [4.78, 5) is 1.97. The van der Waals surface area contributed by atoms with Crippen molar-refractivity contribution >= 4 is 49.9 Å². The first-order chi connectivity index (χ1) is 1.00. The normalized spacial score (nSPS) is 0.857. The maximum Gasteiger partial charge on any atom is 2.00 e. The molecule has 0 spiro atoms. The van der Waals surface area contributed by atoms with E-state index in [1.54, 1.807) is 0 Å². The first kappa shape index (κ1) is 56.3. The minimum Gasteiger partial charge on any atom is -1.00 e. The Morgan fingerprint density at radius 1 is 0.857 bits per heavy atom. The van der Waals surface area contributed by atoms with E-state index in [-0.39, 0.29) is 70.7 Å². The van der Waals surface area contributed by atoms with Crippen LogP contribution in [0.15, 0.2) is 0 Å². The number of quaternary nitrogens is 1. The van der Waals surface area contributed by atoms with E-state index < -0.39 is 0 Å². The standard InChI is InChI=1S/CH3I.3ClH.H3N.Pb/c1-2;;;;;/h1H3;3*1H;1H3;/q;;;;;+2/p-2. The van der Waals surface area contributed by atoms with Gasteiger partial charge in [-0.2, -0.15) is 0 Å². The van der Waals surface area contributed by atoms with Crippen molar-refractivity contribution in [1.29, 1.82) is 0 Å². The molecule has 0 unspecified atom stereocenters. The van der Waals surface area contributed by atoms with Gasteiger partial charge in [0, 0.05) is 0 Å². The number of hydrogen-bond donors (Lipinski definition) is 1. The second-order valence-electron chi connectivity index (χ2n) is 0. The van der Waals surface area contributed by atoms with E-state index in [2.05, 4.69) is 22.6 Å². The fourth-order valence-corrected chi connectivity index (χ4v) is 0. The van der Waals surface area contributed by atoms with Gasteiger partial charge in [0.25, 0.3) is 0 Å². The van der Waals surface area contributed by atoms with Gasteiger partial charge in [0.1, 0.15) is 0 Å². The summed E-state index contributed by atoms with van der Waals surface area (Å²) < 4.78 is 0. The van der Waals surface area contributed by atoms with Crippen LogP contribution in [0.3, 0.4) is 0 Å². The quantitative estimate of drug-likeness (QED) is 0.206. The van der Waals surface area contributed by atoms with Crippen molar-refractivity contribution in [3.8, 4) is 0 Å². The second-order valence-corrected chi connectivity index (χ2v) is 0. The van der Waals surface area contributed by atoms with Gasteiger partial charge >= 0.3 is 27.3 Å². The Morgan fingerprint density at radius 2 is 0.857 bits per heavy atom. The van der Waals surface area contributed by atoms with Crippen molar-refractivity contribution in [2.45, 2.75) is 0 Å². The van der Waals surface area contributed by atoms with E-state index >= 15 is 0 Å². The van der Waals surface area contributed by atoms with Crippen molar-refractivity contribution < 1.29 is 37.2 Å². The molecule has 0 aliphatic rings. The Bertz CT molecular complexity index is 14.9. The molecule has 0 heterocycles. The third-order valence-electron chi connectivity index (χ3n) is 0. The molecule has 0 atom stereocenters. The number of rotatable bonds is 0. The molecule has 0 rings (SSSR count). The largest absolute Gasteiger partial charge is 2.00 e. The second kappa shape index (κ2) is 77.1. The van der Waals surface area contributed by atoms with Crippen molar-refractivity contribution in [2.75, 3.05) is 4.93 Å². The summed E-state index contributed by atoms with van der Waals surface area (Å²) in [5, 5.41) is 0. The van der Waals surface area contributed by atoms with Gasteiger partial charge in [-0.3, -0.25) is 0 Å². The Kier molecular flexibility index (Phi) is 620. The fraction of sp³-hybridized carbons (Fsp3) is 1.00. The Balaban J connectivity index is -0.000000000500. The van der Waals surface area contributed by atoms with E-state index in [1.165, 1.54) is 0 Å². The topological polar surface area (TPSA) is 36.5 Å². The minimum atomic E-state index is 0. The summed E-state index contributed by atoms with van der Waals surface area (Å²) in [5.41, 5.74) is 0. The predicted octanol–water partition coefficient (Wildman–Crippen LogP) is -7.94. The van der Waals surface area contributed by atoms with Crippen LogP contribution in [0.25, 0.3) is 0 Å². The van der Waals surface area contributed by atoms with Gasteiger partial charge < -0.3 is 43.4 Å². The fourth-order valence-electron chi connectivity index (χ4n) is 0. The molecule has 6 heteroatoms. The summed E-state index contributed by atoms with van der Waals surface area (Å²) >= 11 is 2.15. The molecular formula is CH7Cl3INPb. The summed E-state index contributed by atoms with van der Waals surface area (Å²) in [7, 11) is 0. The number of halogens is 4. The van der Waals surface area contributed by atoms with Gasteiger partial charge in [0.15, 0.2) is 0 Å². The van der Waals surface area contributed by atoms with Gasteiger partial charge in [-0.05, 0) is 4.93 Å². The molecular weight excluding hydrogens is 466 g/mol. The van der Waals surface area contributed by atoms with Crippen LogP contribution in [0.1, 0.15) is 0 Å². The van der Waals surface area contributed by atoms with Gasteiger partial charge in [0.2, 0.25) is 0 Å². The van der Waals surface area contributed by atoms with Crippen LogP contribution in [-0.2, 0) is 0 Å². The Hall–Kier alpha value is 2.48. The van der Waals surface area contributed by atoms with E-state index in [4.69, 9.17) is 0 Å². The smallest absolute Gasteiger partial charge is 1.00 e. The van der Waals surface area contributed by atoms with Crippen molar-refractivity contribution in [3.63, 3.8) is 0 Å².